The number of hydrogen-bond donors (Lipinski definition) is 1. The van der Waals surface area contributed by atoms with Crippen LogP contribution >= 0.6 is 0 Å². The van der Waals surface area contributed by atoms with E-state index in [9.17, 15) is 9.18 Å². The summed E-state index contributed by atoms with van der Waals surface area (Å²) in [6.07, 6.45) is 0. The molecule has 1 aliphatic heterocycles. The van der Waals surface area contributed by atoms with Gasteiger partial charge in [0.15, 0.2) is 0 Å². The van der Waals surface area contributed by atoms with Crippen molar-refractivity contribution in [3.63, 3.8) is 0 Å². The molecule has 1 aromatic rings. The Bertz CT molecular complexity index is 439. The van der Waals surface area contributed by atoms with Crippen molar-refractivity contribution < 1.29 is 9.18 Å². The summed E-state index contributed by atoms with van der Waals surface area (Å²) in [6, 6.07) is 5.72. The Morgan fingerprint density at radius 3 is 2.35 bits per heavy atom. The summed E-state index contributed by atoms with van der Waals surface area (Å²) in [5.41, 5.74) is 0.626. The molecule has 0 aromatic heterocycles. The van der Waals surface area contributed by atoms with Crippen molar-refractivity contribution in [3.05, 3.63) is 30.1 Å². The van der Waals surface area contributed by atoms with Crippen molar-refractivity contribution in [2.75, 3.05) is 38.0 Å². The van der Waals surface area contributed by atoms with E-state index >= 15 is 0 Å². The van der Waals surface area contributed by atoms with Crippen molar-refractivity contribution in [1.29, 1.82) is 0 Å². The first-order valence-corrected chi connectivity index (χ1v) is 7.08. The van der Waals surface area contributed by atoms with Gasteiger partial charge in [-0.3, -0.25) is 4.90 Å². The zero-order valence-electron chi connectivity index (χ0n) is 12.1. The second-order valence-electron chi connectivity index (χ2n) is 5.62. The number of carbonyl (C=O) groups excluding carboxylic acids is 1. The summed E-state index contributed by atoms with van der Waals surface area (Å²) in [7, 11) is 0. The first-order valence-electron chi connectivity index (χ1n) is 7.08. The van der Waals surface area contributed by atoms with Gasteiger partial charge in [-0.1, -0.05) is 13.8 Å². The molecule has 4 nitrogen and oxygen atoms in total. The first kappa shape index (κ1) is 14.8. The van der Waals surface area contributed by atoms with Crippen LogP contribution in [0.25, 0.3) is 0 Å². The highest BCUT2D eigenvalue weighted by Crippen LogP contribution is 2.11. The number of rotatable bonds is 3. The summed E-state index contributed by atoms with van der Waals surface area (Å²) in [6.45, 7) is 8.78. The first-order chi connectivity index (χ1) is 9.54. The Labute approximate surface area is 119 Å². The minimum absolute atomic E-state index is 0.110. The maximum Gasteiger partial charge on any atom is 0.321 e. The van der Waals surface area contributed by atoms with Gasteiger partial charge >= 0.3 is 6.03 Å². The monoisotopic (exact) mass is 279 g/mol. The molecule has 0 unspecified atom stereocenters. The van der Waals surface area contributed by atoms with Crippen LogP contribution in [0, 0.1) is 11.7 Å². The minimum atomic E-state index is -0.301. The van der Waals surface area contributed by atoms with E-state index in [2.05, 4.69) is 24.1 Å². The van der Waals surface area contributed by atoms with Crippen LogP contribution in [0.1, 0.15) is 13.8 Å². The van der Waals surface area contributed by atoms with Gasteiger partial charge in [0.2, 0.25) is 0 Å². The van der Waals surface area contributed by atoms with Crippen molar-refractivity contribution >= 4 is 11.7 Å². The fraction of sp³-hybridized carbons (Fsp3) is 0.533. The molecule has 1 N–H and O–H groups in total. The van der Waals surface area contributed by atoms with E-state index in [1.165, 1.54) is 12.1 Å². The number of anilines is 1. The van der Waals surface area contributed by atoms with Crippen LogP contribution in [0.2, 0.25) is 0 Å². The maximum absolute atomic E-state index is 12.8. The number of nitrogens with one attached hydrogen (secondary N) is 1. The smallest absolute Gasteiger partial charge is 0.321 e. The van der Waals surface area contributed by atoms with E-state index < -0.39 is 0 Å². The van der Waals surface area contributed by atoms with Crippen molar-refractivity contribution in [1.82, 2.24) is 9.80 Å². The van der Waals surface area contributed by atoms with Crippen LogP contribution in [-0.4, -0.2) is 48.6 Å². The van der Waals surface area contributed by atoms with Crippen LogP contribution in [0.4, 0.5) is 14.9 Å². The van der Waals surface area contributed by atoms with E-state index in [1.54, 1.807) is 17.0 Å². The van der Waals surface area contributed by atoms with Gasteiger partial charge in [-0.05, 0) is 30.2 Å². The summed E-state index contributed by atoms with van der Waals surface area (Å²) in [5, 5.41) is 2.80. The highest BCUT2D eigenvalue weighted by Gasteiger charge is 2.21. The van der Waals surface area contributed by atoms with Gasteiger partial charge in [0, 0.05) is 38.4 Å². The predicted molar refractivity (Wildman–Crippen MR) is 78.3 cm³/mol. The topological polar surface area (TPSA) is 35.6 Å². The molecule has 0 aliphatic carbocycles. The molecule has 1 heterocycles. The van der Waals surface area contributed by atoms with Crippen LogP contribution in [0.5, 0.6) is 0 Å². The lowest BCUT2D eigenvalue weighted by Gasteiger charge is -2.35. The standard InChI is InChI=1S/C15H22FN3O/c1-12(2)11-18-7-9-19(10-8-18)15(20)17-14-5-3-13(16)4-6-14/h3-6,12H,7-11H2,1-2H3,(H,17,20). The quantitative estimate of drug-likeness (QED) is 0.923. The number of urea groups is 1. The third-order valence-corrected chi connectivity index (χ3v) is 3.38. The largest absolute Gasteiger partial charge is 0.322 e. The average molecular weight is 279 g/mol. The molecular formula is C15H22FN3O. The molecule has 0 atom stereocenters. The summed E-state index contributed by atoms with van der Waals surface area (Å²) < 4.78 is 12.8. The Morgan fingerprint density at radius 2 is 1.80 bits per heavy atom. The zero-order valence-corrected chi connectivity index (χ0v) is 12.1. The lowest BCUT2D eigenvalue weighted by Crippen LogP contribution is -2.50. The SMILES string of the molecule is CC(C)CN1CCN(C(=O)Nc2ccc(F)cc2)CC1. The molecule has 0 radical (unpaired) electrons. The van der Waals surface area contributed by atoms with Crippen molar-refractivity contribution in [2.24, 2.45) is 5.92 Å². The predicted octanol–water partition coefficient (Wildman–Crippen LogP) is 2.63. The molecular weight excluding hydrogens is 257 g/mol. The lowest BCUT2D eigenvalue weighted by atomic mass is 10.2. The fourth-order valence-electron chi connectivity index (χ4n) is 2.39. The molecule has 0 spiro atoms. The third-order valence-electron chi connectivity index (χ3n) is 3.38. The number of hydrogen-bond acceptors (Lipinski definition) is 2. The van der Waals surface area contributed by atoms with E-state index in [1.807, 2.05) is 0 Å². The number of halogens is 1. The van der Waals surface area contributed by atoms with E-state index in [0.29, 0.717) is 11.6 Å². The highest BCUT2D eigenvalue weighted by atomic mass is 19.1. The molecule has 1 aromatic carbocycles. The van der Waals surface area contributed by atoms with Crippen LogP contribution in [0.3, 0.4) is 0 Å². The Morgan fingerprint density at radius 1 is 1.20 bits per heavy atom. The highest BCUT2D eigenvalue weighted by molar-refractivity contribution is 5.89. The zero-order chi connectivity index (χ0) is 14.5. The Hall–Kier alpha value is -1.62. The minimum Gasteiger partial charge on any atom is -0.322 e. The molecule has 2 amide bonds. The van der Waals surface area contributed by atoms with Gasteiger partial charge in [-0.2, -0.15) is 0 Å². The van der Waals surface area contributed by atoms with E-state index in [4.69, 9.17) is 0 Å². The Kier molecular flexibility index (Phi) is 4.95. The van der Waals surface area contributed by atoms with Gasteiger partial charge in [0.1, 0.15) is 5.82 Å². The summed E-state index contributed by atoms with van der Waals surface area (Å²) in [4.78, 5) is 16.3. The van der Waals surface area contributed by atoms with Gasteiger partial charge in [-0.15, -0.1) is 0 Å². The summed E-state index contributed by atoms with van der Waals surface area (Å²) in [5.74, 6) is 0.347. The van der Waals surface area contributed by atoms with Gasteiger partial charge in [0.25, 0.3) is 0 Å². The molecule has 2 rings (SSSR count). The number of carbonyl (C=O) groups is 1. The lowest BCUT2D eigenvalue weighted by molar-refractivity contribution is 0.138. The average Bonchev–Trinajstić information content (AvgIpc) is 2.41. The fourth-order valence-corrected chi connectivity index (χ4v) is 2.39. The molecule has 1 fully saturated rings. The van der Waals surface area contributed by atoms with Crippen LogP contribution < -0.4 is 5.32 Å². The molecule has 1 saturated heterocycles. The third kappa shape index (κ3) is 4.20. The van der Waals surface area contributed by atoms with Gasteiger partial charge in [-0.25, -0.2) is 9.18 Å². The molecule has 110 valence electrons. The van der Waals surface area contributed by atoms with Crippen molar-refractivity contribution in [2.45, 2.75) is 13.8 Å². The van der Waals surface area contributed by atoms with E-state index in [0.717, 1.165) is 32.7 Å². The van der Waals surface area contributed by atoms with Crippen LogP contribution in [0.15, 0.2) is 24.3 Å². The molecule has 1 aliphatic rings. The summed E-state index contributed by atoms with van der Waals surface area (Å²) >= 11 is 0. The second kappa shape index (κ2) is 6.70. The maximum atomic E-state index is 12.8. The second-order valence-corrected chi connectivity index (χ2v) is 5.62. The van der Waals surface area contributed by atoms with Gasteiger partial charge in [0.05, 0.1) is 0 Å². The van der Waals surface area contributed by atoms with Crippen molar-refractivity contribution in [3.8, 4) is 0 Å². The normalized spacial score (nSPS) is 16.5. The molecule has 20 heavy (non-hydrogen) atoms. The molecule has 0 bridgehead atoms. The number of benzene rings is 1. The number of amides is 2. The number of piperazine rings is 1. The molecule has 0 saturated carbocycles. The van der Waals surface area contributed by atoms with Crippen LogP contribution in [-0.2, 0) is 0 Å². The van der Waals surface area contributed by atoms with E-state index in [-0.39, 0.29) is 11.8 Å². The Balaban J connectivity index is 1.81. The molecule has 5 heteroatoms. The van der Waals surface area contributed by atoms with Gasteiger partial charge < -0.3 is 10.2 Å². The number of nitrogens with zero attached hydrogens (tertiary/aromatic N) is 2.